The molecule has 0 aromatic carbocycles. The van der Waals surface area contributed by atoms with Crippen molar-refractivity contribution in [2.75, 3.05) is 0 Å². The summed E-state index contributed by atoms with van der Waals surface area (Å²) >= 11 is 0. The Kier molecular flexibility index (Phi) is 3.36. The monoisotopic (exact) mass is 264 g/mol. The quantitative estimate of drug-likeness (QED) is 0.791. The number of carbonyl (C=O) groups excluding carboxylic acids is 1. The Labute approximate surface area is 116 Å². The first-order valence-corrected chi connectivity index (χ1v) is 8.07. The molecule has 3 atom stereocenters. The normalized spacial score (nSPS) is 41.3. The zero-order valence-electron chi connectivity index (χ0n) is 12.4. The first kappa shape index (κ1) is 13.4. The van der Waals surface area contributed by atoms with Gasteiger partial charge in [-0.15, -0.1) is 0 Å². The summed E-state index contributed by atoms with van der Waals surface area (Å²) in [5.41, 5.74) is 6.30. The van der Waals surface area contributed by atoms with E-state index in [1.54, 1.807) is 0 Å². The fourth-order valence-corrected chi connectivity index (χ4v) is 4.71. The smallest absolute Gasteiger partial charge is 0.226 e. The maximum Gasteiger partial charge on any atom is 0.226 e. The molecule has 1 amide bonds. The zero-order chi connectivity index (χ0) is 13.6. The average molecular weight is 264 g/mol. The molecule has 2 heterocycles. The molecule has 3 heteroatoms. The van der Waals surface area contributed by atoms with Crippen LogP contribution in [0.5, 0.6) is 0 Å². The largest absolute Gasteiger partial charge is 0.336 e. The van der Waals surface area contributed by atoms with Crippen LogP contribution in [0, 0.1) is 11.3 Å². The molecule has 0 aromatic rings. The van der Waals surface area contributed by atoms with E-state index in [1.807, 2.05) is 0 Å². The van der Waals surface area contributed by atoms with Crippen LogP contribution in [0.15, 0.2) is 0 Å². The van der Waals surface area contributed by atoms with Crippen molar-refractivity contribution in [3.63, 3.8) is 0 Å². The minimum atomic E-state index is 0.189. The van der Waals surface area contributed by atoms with Gasteiger partial charge >= 0.3 is 0 Å². The number of amides is 1. The fourth-order valence-electron chi connectivity index (χ4n) is 4.71. The van der Waals surface area contributed by atoms with Crippen molar-refractivity contribution < 1.29 is 4.79 Å². The summed E-state index contributed by atoms with van der Waals surface area (Å²) in [6.07, 6.45) is 9.20. The third-order valence-corrected chi connectivity index (χ3v) is 5.83. The number of carbonyl (C=O) groups is 1. The van der Waals surface area contributed by atoms with Crippen molar-refractivity contribution in [1.82, 2.24) is 4.90 Å². The summed E-state index contributed by atoms with van der Waals surface area (Å²) in [5.74, 6) is 0.697. The lowest BCUT2D eigenvalue weighted by Crippen LogP contribution is -2.54. The van der Waals surface area contributed by atoms with Crippen LogP contribution < -0.4 is 5.73 Å². The summed E-state index contributed by atoms with van der Waals surface area (Å²) in [6, 6.07) is 1.21. The summed E-state index contributed by atoms with van der Waals surface area (Å²) in [4.78, 5) is 15.3. The van der Waals surface area contributed by atoms with Gasteiger partial charge in [-0.05, 0) is 43.9 Å². The van der Waals surface area contributed by atoms with Gasteiger partial charge in [-0.1, -0.05) is 26.7 Å². The molecule has 1 aliphatic carbocycles. The van der Waals surface area contributed by atoms with Gasteiger partial charge in [0.1, 0.15) is 0 Å². The van der Waals surface area contributed by atoms with Gasteiger partial charge < -0.3 is 10.6 Å². The Balaban J connectivity index is 1.77. The Hall–Kier alpha value is -0.570. The van der Waals surface area contributed by atoms with Gasteiger partial charge in [-0.3, -0.25) is 4.79 Å². The first-order valence-electron chi connectivity index (χ1n) is 8.07. The van der Waals surface area contributed by atoms with Crippen LogP contribution in [0.2, 0.25) is 0 Å². The molecule has 2 bridgehead atoms. The van der Waals surface area contributed by atoms with Crippen LogP contribution in [0.1, 0.15) is 65.2 Å². The number of rotatable bonds is 1. The van der Waals surface area contributed by atoms with Crippen molar-refractivity contribution in [1.29, 1.82) is 0 Å². The minimum Gasteiger partial charge on any atom is -0.336 e. The van der Waals surface area contributed by atoms with Gasteiger partial charge in [0.25, 0.3) is 0 Å². The lowest BCUT2D eigenvalue weighted by atomic mass is 9.68. The van der Waals surface area contributed by atoms with Gasteiger partial charge in [0.2, 0.25) is 5.91 Å². The van der Waals surface area contributed by atoms with Crippen molar-refractivity contribution in [3.8, 4) is 0 Å². The number of hydrogen-bond donors (Lipinski definition) is 1. The average Bonchev–Trinajstić information content (AvgIpc) is 2.60. The number of piperidine rings is 1. The maximum atomic E-state index is 13.0. The molecular formula is C16H28N2O. The fraction of sp³-hybridized carbons (Fsp3) is 0.938. The summed E-state index contributed by atoms with van der Waals surface area (Å²) in [7, 11) is 0. The van der Waals surface area contributed by atoms with Gasteiger partial charge in [-0.25, -0.2) is 0 Å². The molecule has 3 fully saturated rings. The molecule has 3 unspecified atom stereocenters. The molecule has 0 radical (unpaired) electrons. The second-order valence-corrected chi connectivity index (χ2v) is 7.65. The van der Waals surface area contributed by atoms with Crippen LogP contribution >= 0.6 is 0 Å². The van der Waals surface area contributed by atoms with E-state index in [-0.39, 0.29) is 11.3 Å². The van der Waals surface area contributed by atoms with Crippen LogP contribution in [-0.2, 0) is 4.79 Å². The highest BCUT2D eigenvalue weighted by Crippen LogP contribution is 2.44. The Bertz CT molecular complexity index is 352. The lowest BCUT2D eigenvalue weighted by molar-refractivity contribution is -0.146. The van der Waals surface area contributed by atoms with Gasteiger partial charge in [0.15, 0.2) is 0 Å². The topological polar surface area (TPSA) is 46.3 Å². The number of hydrogen-bond acceptors (Lipinski definition) is 2. The molecule has 2 aliphatic heterocycles. The molecule has 3 rings (SSSR count). The van der Waals surface area contributed by atoms with Crippen molar-refractivity contribution in [2.24, 2.45) is 17.1 Å². The highest BCUT2D eigenvalue weighted by molar-refractivity contribution is 5.81. The van der Waals surface area contributed by atoms with Crippen LogP contribution in [0.3, 0.4) is 0 Å². The highest BCUT2D eigenvalue weighted by atomic mass is 16.2. The van der Waals surface area contributed by atoms with Gasteiger partial charge in [0, 0.05) is 24.0 Å². The van der Waals surface area contributed by atoms with Crippen molar-refractivity contribution >= 4 is 5.91 Å². The van der Waals surface area contributed by atoms with E-state index in [4.69, 9.17) is 5.73 Å². The predicted molar refractivity (Wildman–Crippen MR) is 76.6 cm³/mol. The predicted octanol–water partition coefficient (Wildman–Crippen LogP) is 2.68. The van der Waals surface area contributed by atoms with Crippen LogP contribution in [0.25, 0.3) is 0 Å². The Morgan fingerprint density at radius 2 is 1.74 bits per heavy atom. The number of fused-ring (bicyclic) bond motifs is 2. The SMILES string of the molecule is CC1(C)CCCCC1C(=O)N1C2CCC1CC(N)C2. The summed E-state index contributed by atoms with van der Waals surface area (Å²) in [6.45, 7) is 4.57. The number of nitrogens with zero attached hydrogens (tertiary/aromatic N) is 1. The molecule has 3 nitrogen and oxygen atoms in total. The minimum absolute atomic E-state index is 0.189. The van der Waals surface area contributed by atoms with E-state index in [2.05, 4.69) is 18.7 Å². The molecule has 108 valence electrons. The Morgan fingerprint density at radius 1 is 1.11 bits per heavy atom. The maximum absolute atomic E-state index is 13.0. The van der Waals surface area contributed by atoms with E-state index in [0.717, 1.165) is 19.3 Å². The van der Waals surface area contributed by atoms with E-state index in [9.17, 15) is 4.79 Å². The standard InChI is InChI=1S/C16H28N2O/c1-16(2)8-4-3-5-14(16)15(19)18-12-6-7-13(18)10-11(17)9-12/h11-14H,3-10,17H2,1-2H3. The molecule has 2 saturated heterocycles. The van der Waals surface area contributed by atoms with Crippen molar-refractivity contribution in [2.45, 2.75) is 83.3 Å². The van der Waals surface area contributed by atoms with E-state index < -0.39 is 0 Å². The lowest BCUT2D eigenvalue weighted by Gasteiger charge is -2.44. The van der Waals surface area contributed by atoms with E-state index in [0.29, 0.717) is 24.0 Å². The van der Waals surface area contributed by atoms with E-state index in [1.165, 1.54) is 32.1 Å². The molecular weight excluding hydrogens is 236 g/mol. The second-order valence-electron chi connectivity index (χ2n) is 7.65. The molecule has 1 saturated carbocycles. The third-order valence-electron chi connectivity index (χ3n) is 5.83. The molecule has 2 N–H and O–H groups in total. The highest BCUT2D eigenvalue weighted by Gasteiger charge is 2.47. The summed E-state index contributed by atoms with van der Waals surface area (Å²) < 4.78 is 0. The zero-order valence-corrected chi connectivity index (χ0v) is 12.4. The van der Waals surface area contributed by atoms with E-state index >= 15 is 0 Å². The van der Waals surface area contributed by atoms with Crippen LogP contribution in [-0.4, -0.2) is 28.9 Å². The third kappa shape index (κ3) is 2.31. The summed E-state index contributed by atoms with van der Waals surface area (Å²) in [5, 5.41) is 0. The molecule has 3 aliphatic rings. The van der Waals surface area contributed by atoms with Crippen LogP contribution in [0.4, 0.5) is 0 Å². The first-order chi connectivity index (χ1) is 8.99. The van der Waals surface area contributed by atoms with Gasteiger partial charge in [0.05, 0.1) is 0 Å². The Morgan fingerprint density at radius 3 is 2.32 bits per heavy atom. The molecule has 19 heavy (non-hydrogen) atoms. The van der Waals surface area contributed by atoms with Crippen molar-refractivity contribution in [3.05, 3.63) is 0 Å². The number of nitrogens with two attached hydrogens (primary N) is 1. The van der Waals surface area contributed by atoms with Gasteiger partial charge in [-0.2, -0.15) is 0 Å². The molecule has 0 spiro atoms. The second kappa shape index (κ2) is 4.76. The molecule has 0 aromatic heterocycles.